The summed E-state index contributed by atoms with van der Waals surface area (Å²) in [5.74, 6) is 0. The monoisotopic (exact) mass is 373 g/mol. The summed E-state index contributed by atoms with van der Waals surface area (Å²) < 4.78 is 1.02. The van der Waals surface area contributed by atoms with E-state index >= 15 is 0 Å². The van der Waals surface area contributed by atoms with E-state index in [0.29, 0.717) is 11.4 Å². The van der Waals surface area contributed by atoms with E-state index in [-0.39, 0.29) is 16.5 Å². The third-order valence-electron chi connectivity index (χ3n) is 3.17. The predicted molar refractivity (Wildman–Crippen MR) is 107 cm³/mol. The summed E-state index contributed by atoms with van der Waals surface area (Å²) in [4.78, 5) is 4.53. The first-order valence-electron chi connectivity index (χ1n) is 6.96. The maximum Gasteiger partial charge on any atom is 0.170 e. The van der Waals surface area contributed by atoms with Crippen LogP contribution in [-0.2, 0) is 5.41 Å². The molecule has 23 heavy (non-hydrogen) atoms. The Kier molecular flexibility index (Phi) is 10.0. The Balaban J connectivity index is 0.00000112. The zero-order chi connectivity index (χ0) is 18.0. The molecule has 0 fully saturated rings. The summed E-state index contributed by atoms with van der Waals surface area (Å²) in [6.07, 6.45) is 0.650. The van der Waals surface area contributed by atoms with E-state index in [1.807, 2.05) is 31.2 Å². The number of aromatic nitrogens is 1. The van der Waals surface area contributed by atoms with Crippen molar-refractivity contribution in [2.75, 3.05) is 14.1 Å². The number of nitrogens with zero attached hydrogens (tertiary/aromatic N) is 1. The van der Waals surface area contributed by atoms with Crippen molar-refractivity contribution in [3.8, 4) is 0 Å². The maximum atomic E-state index is 9.92. The van der Waals surface area contributed by atoms with Crippen molar-refractivity contribution >= 4 is 56.1 Å². The van der Waals surface area contributed by atoms with Crippen LogP contribution in [0.1, 0.15) is 24.8 Å². The summed E-state index contributed by atoms with van der Waals surface area (Å²) in [6, 6.07) is 7.72. The normalized spacial score (nSPS) is 12.2. The minimum Gasteiger partial charge on any atom is -0.502 e. The molecular weight excluding hydrogens is 350 g/mol. The third-order valence-corrected chi connectivity index (χ3v) is 4.94. The summed E-state index contributed by atoms with van der Waals surface area (Å²) in [5.41, 5.74) is 8.99. The lowest BCUT2D eigenvalue weighted by atomic mass is 9.83. The number of fused-ring (bicyclic) bond motifs is 1. The Morgan fingerprint density at radius 3 is 2.17 bits per heavy atom. The van der Waals surface area contributed by atoms with E-state index < -0.39 is 5.41 Å². The van der Waals surface area contributed by atoms with Gasteiger partial charge in [0.05, 0.1) is 15.6 Å². The van der Waals surface area contributed by atoms with Gasteiger partial charge in [-0.2, -0.15) is 0 Å². The predicted octanol–water partition coefficient (Wildman–Crippen LogP) is 3.25. The molecule has 2 rings (SSSR count). The smallest absolute Gasteiger partial charge is 0.170 e. The van der Waals surface area contributed by atoms with Crippen molar-refractivity contribution in [2.45, 2.75) is 25.2 Å². The van der Waals surface area contributed by atoms with Gasteiger partial charge in [0.1, 0.15) is 5.01 Å². The van der Waals surface area contributed by atoms with Gasteiger partial charge in [-0.25, -0.2) is 4.98 Å². The number of thiocarbonyl (C=S) groups is 2. The second kappa shape index (κ2) is 10.6. The Morgan fingerprint density at radius 1 is 1.17 bits per heavy atom. The highest BCUT2D eigenvalue weighted by Gasteiger charge is 2.39. The molecule has 0 aliphatic rings. The molecule has 1 unspecified atom stereocenters. The van der Waals surface area contributed by atoms with Gasteiger partial charge in [0, 0.05) is 6.42 Å². The van der Waals surface area contributed by atoms with Crippen LogP contribution in [0.2, 0.25) is 0 Å². The number of rotatable bonds is 5. The fraction of sp³-hybridized carbons (Fsp3) is 0.400. The van der Waals surface area contributed by atoms with Crippen LogP contribution in [0.3, 0.4) is 0 Å². The topological polar surface area (TPSA) is 105 Å². The maximum absolute atomic E-state index is 9.92. The highest BCUT2D eigenvalue weighted by molar-refractivity contribution is 7.80. The minimum atomic E-state index is -0.870. The summed E-state index contributed by atoms with van der Waals surface area (Å²) >= 11 is 11.2. The van der Waals surface area contributed by atoms with Gasteiger partial charge < -0.3 is 21.7 Å². The molecule has 2 aromatic rings. The van der Waals surface area contributed by atoms with Gasteiger partial charge in [-0.05, 0) is 57.1 Å². The van der Waals surface area contributed by atoms with E-state index in [0.717, 1.165) is 10.2 Å². The molecule has 128 valence electrons. The fourth-order valence-corrected chi connectivity index (χ4v) is 3.86. The molecule has 1 aromatic carbocycles. The second-order valence-electron chi connectivity index (χ2n) is 4.30. The molecule has 0 saturated carbocycles. The lowest BCUT2D eigenvalue weighted by Gasteiger charge is -2.27. The first-order chi connectivity index (χ1) is 11.0. The number of para-hydroxylation sites is 1. The van der Waals surface area contributed by atoms with Gasteiger partial charge in [-0.3, -0.25) is 0 Å². The Labute approximate surface area is 151 Å². The third kappa shape index (κ3) is 5.15. The molecule has 5 nitrogen and oxygen atoms in total. The fourth-order valence-electron chi connectivity index (χ4n) is 2.01. The summed E-state index contributed by atoms with van der Waals surface area (Å²) in [7, 11) is 3.00. The molecule has 0 bridgehead atoms. The number of thiazole rings is 1. The zero-order valence-electron chi connectivity index (χ0n) is 13.4. The van der Waals surface area contributed by atoms with Crippen molar-refractivity contribution in [3.63, 3.8) is 0 Å². The first kappa shape index (κ1) is 21.8. The molecule has 0 radical (unpaired) electrons. The Morgan fingerprint density at radius 2 is 1.74 bits per heavy atom. The molecule has 1 heterocycles. The number of nitrogens with two attached hydrogens (primary N) is 2. The van der Waals surface area contributed by atoms with Gasteiger partial charge in [0.25, 0.3) is 0 Å². The van der Waals surface area contributed by atoms with Crippen LogP contribution >= 0.6 is 35.8 Å². The van der Waals surface area contributed by atoms with Crippen LogP contribution in [0.4, 0.5) is 0 Å². The lowest BCUT2D eigenvalue weighted by molar-refractivity contribution is 0.426. The van der Waals surface area contributed by atoms with E-state index in [4.69, 9.17) is 24.4 Å². The highest BCUT2D eigenvalue weighted by atomic mass is 32.1. The quantitative estimate of drug-likeness (QED) is 0.596. The number of aliphatic hydroxyl groups is 2. The van der Waals surface area contributed by atoms with E-state index in [1.165, 1.54) is 25.4 Å². The highest BCUT2D eigenvalue weighted by Crippen LogP contribution is 2.38. The largest absolute Gasteiger partial charge is 0.502 e. The van der Waals surface area contributed by atoms with Gasteiger partial charge in [-0.1, -0.05) is 19.1 Å². The standard InChI is InChI=1S/C13H13NO2S3.2CH5N/c1-2-13(12(16)18,7-10(15)17)11-14-8-5-3-4-6-9(8)19-11;2*1-2/h3-6H,2,7H2,1H3,(H,15,17)(H,16,18);2*2H2,1H3. The molecular formula is C15H23N3O2S3. The molecule has 0 aliphatic heterocycles. The summed E-state index contributed by atoms with van der Waals surface area (Å²) in [5, 5.41) is 19.7. The molecule has 1 aromatic heterocycles. The van der Waals surface area contributed by atoms with Gasteiger partial charge in [-0.15, -0.1) is 11.3 Å². The molecule has 0 spiro atoms. The number of hydrogen-bond acceptors (Lipinski definition) is 6. The van der Waals surface area contributed by atoms with Crippen LogP contribution < -0.4 is 11.5 Å². The molecule has 0 saturated heterocycles. The van der Waals surface area contributed by atoms with E-state index in [2.05, 4.69) is 16.5 Å². The van der Waals surface area contributed by atoms with Crippen molar-refractivity contribution in [2.24, 2.45) is 11.5 Å². The van der Waals surface area contributed by atoms with Crippen LogP contribution in [0.15, 0.2) is 24.3 Å². The van der Waals surface area contributed by atoms with E-state index in [1.54, 1.807) is 0 Å². The van der Waals surface area contributed by atoms with Gasteiger partial charge in [0.2, 0.25) is 0 Å². The molecule has 6 N–H and O–H groups in total. The van der Waals surface area contributed by atoms with Crippen LogP contribution in [0, 0.1) is 0 Å². The zero-order valence-corrected chi connectivity index (χ0v) is 15.9. The molecule has 1 atom stereocenters. The number of aliphatic hydroxyl groups excluding tert-OH is 2. The average molecular weight is 374 g/mol. The van der Waals surface area contributed by atoms with Crippen LogP contribution in [-0.4, -0.2) is 39.4 Å². The molecule has 8 heteroatoms. The van der Waals surface area contributed by atoms with Crippen molar-refractivity contribution in [1.29, 1.82) is 0 Å². The van der Waals surface area contributed by atoms with Crippen molar-refractivity contribution in [1.82, 2.24) is 4.98 Å². The van der Waals surface area contributed by atoms with Crippen molar-refractivity contribution < 1.29 is 10.2 Å². The average Bonchev–Trinajstić information content (AvgIpc) is 3.00. The number of hydrogen-bond donors (Lipinski definition) is 4. The van der Waals surface area contributed by atoms with Gasteiger partial charge in [0.15, 0.2) is 10.1 Å². The lowest BCUT2D eigenvalue weighted by Crippen LogP contribution is -2.36. The molecule has 0 aliphatic carbocycles. The summed E-state index contributed by atoms with van der Waals surface area (Å²) in [6.45, 7) is 1.90. The minimum absolute atomic E-state index is 0.119. The van der Waals surface area contributed by atoms with Crippen LogP contribution in [0.25, 0.3) is 10.2 Å². The van der Waals surface area contributed by atoms with E-state index in [9.17, 15) is 10.2 Å². The Bertz CT molecular complexity index is 613. The first-order valence-corrected chi connectivity index (χ1v) is 8.59. The number of benzene rings is 1. The van der Waals surface area contributed by atoms with Crippen LogP contribution in [0.5, 0.6) is 0 Å². The second-order valence-corrected chi connectivity index (χ2v) is 6.19. The Hall–Kier alpha value is -1.19. The molecule has 0 amide bonds. The van der Waals surface area contributed by atoms with Crippen molar-refractivity contribution in [3.05, 3.63) is 29.3 Å². The SMILES string of the molecule is CCC(CC(O)=S)(C(O)=S)c1nc2ccccc2s1.CN.CN. The van der Waals surface area contributed by atoms with Gasteiger partial charge >= 0.3 is 0 Å².